The standard InChI is InChI=1S/C25H31N5O5S2/c1-14-3-5-17-7-8-34-24(22(17)29-14)19-10-21(36-15(19)2)23(31)20-11-27-13-28-25(20)30-18-6-4-16(9-18)12-35-37(26,32)33/h3,5,10-11,13,16,18,23-24,31H,4,6-9,12H2,1-2H3,(H2,26,32,33)(H,27,28,30)/t16-,18?,23?,24?/m1/s1. The first-order chi connectivity index (χ1) is 17.7. The number of fused-ring (bicyclic) bond motifs is 1. The van der Waals surface area contributed by atoms with E-state index < -0.39 is 16.4 Å². The van der Waals surface area contributed by atoms with E-state index >= 15 is 0 Å². The minimum atomic E-state index is -3.95. The molecule has 4 N–H and O–H groups in total. The summed E-state index contributed by atoms with van der Waals surface area (Å²) in [5, 5.41) is 19.7. The minimum absolute atomic E-state index is 0.0638. The van der Waals surface area contributed by atoms with Gasteiger partial charge in [0.25, 0.3) is 0 Å². The lowest BCUT2D eigenvalue weighted by molar-refractivity contribution is 0.0661. The van der Waals surface area contributed by atoms with Crippen LogP contribution in [-0.4, -0.2) is 47.7 Å². The Labute approximate surface area is 220 Å². The number of nitrogens with two attached hydrogens (primary N) is 1. The Kier molecular flexibility index (Phi) is 7.57. The number of ether oxygens (including phenoxy) is 1. The Balaban J connectivity index is 1.33. The molecule has 4 heterocycles. The smallest absolute Gasteiger partial charge is 0.333 e. The molecule has 0 amide bonds. The molecule has 0 saturated heterocycles. The van der Waals surface area contributed by atoms with Gasteiger partial charge in [-0.05, 0) is 63.1 Å². The van der Waals surface area contributed by atoms with Crippen molar-refractivity contribution in [3.8, 4) is 0 Å². The second-order valence-corrected chi connectivity index (χ2v) is 12.2. The molecule has 4 atom stereocenters. The molecule has 1 aliphatic carbocycles. The van der Waals surface area contributed by atoms with Crippen molar-refractivity contribution >= 4 is 27.5 Å². The molecule has 0 bridgehead atoms. The van der Waals surface area contributed by atoms with Gasteiger partial charge in [0.2, 0.25) is 0 Å². The normalized spacial score (nSPS) is 22.5. The summed E-state index contributed by atoms with van der Waals surface area (Å²) in [6.07, 6.45) is 5.07. The number of hydrogen-bond acceptors (Lipinski definition) is 10. The van der Waals surface area contributed by atoms with Crippen LogP contribution < -0.4 is 10.5 Å². The summed E-state index contributed by atoms with van der Waals surface area (Å²) >= 11 is 1.52. The molecule has 2 aliphatic rings. The molecule has 1 saturated carbocycles. The number of nitrogens with zero attached hydrogens (tertiary/aromatic N) is 3. The van der Waals surface area contributed by atoms with Gasteiger partial charge in [-0.2, -0.15) is 8.42 Å². The number of aliphatic hydroxyl groups excluding tert-OH is 1. The summed E-state index contributed by atoms with van der Waals surface area (Å²) in [5.41, 5.74) is 4.68. The van der Waals surface area contributed by atoms with E-state index in [0.29, 0.717) is 24.4 Å². The number of aromatic nitrogens is 3. The van der Waals surface area contributed by atoms with Crippen LogP contribution in [0.5, 0.6) is 0 Å². The van der Waals surface area contributed by atoms with Gasteiger partial charge in [0.1, 0.15) is 24.4 Å². The Morgan fingerprint density at radius 3 is 2.97 bits per heavy atom. The Morgan fingerprint density at radius 1 is 1.32 bits per heavy atom. The van der Waals surface area contributed by atoms with Crippen LogP contribution in [0.25, 0.3) is 0 Å². The molecule has 0 spiro atoms. The molecule has 198 valence electrons. The lowest BCUT2D eigenvalue weighted by Crippen LogP contribution is -2.22. The quantitative estimate of drug-likeness (QED) is 0.388. The SMILES string of the molecule is Cc1ccc2c(n1)C(c1cc(C(O)c3cncnc3NC3CC[C@@H](COS(N)(=O)=O)C3)sc1C)OCC2. The minimum Gasteiger partial charge on any atom is -0.383 e. The van der Waals surface area contributed by atoms with Crippen molar-refractivity contribution in [2.75, 3.05) is 18.5 Å². The third kappa shape index (κ3) is 6.00. The molecule has 5 rings (SSSR count). The van der Waals surface area contributed by atoms with Crippen LogP contribution in [0.3, 0.4) is 0 Å². The maximum absolute atomic E-state index is 11.4. The zero-order valence-electron chi connectivity index (χ0n) is 20.8. The summed E-state index contributed by atoms with van der Waals surface area (Å²) in [7, 11) is -3.95. The van der Waals surface area contributed by atoms with Gasteiger partial charge in [-0.3, -0.25) is 9.17 Å². The van der Waals surface area contributed by atoms with E-state index in [1.165, 1.54) is 23.2 Å². The Morgan fingerprint density at radius 2 is 2.16 bits per heavy atom. The number of anilines is 1. The summed E-state index contributed by atoms with van der Waals surface area (Å²) in [4.78, 5) is 15.2. The van der Waals surface area contributed by atoms with Crippen molar-refractivity contribution in [1.82, 2.24) is 15.0 Å². The molecule has 3 aromatic heterocycles. The van der Waals surface area contributed by atoms with Gasteiger partial charge in [-0.1, -0.05) is 6.07 Å². The van der Waals surface area contributed by atoms with Gasteiger partial charge in [0.05, 0.1) is 18.9 Å². The van der Waals surface area contributed by atoms with Crippen LogP contribution in [0.15, 0.2) is 30.7 Å². The van der Waals surface area contributed by atoms with E-state index in [1.54, 1.807) is 6.20 Å². The Hall–Kier alpha value is -2.48. The zero-order valence-corrected chi connectivity index (χ0v) is 22.4. The van der Waals surface area contributed by atoms with Gasteiger partial charge in [0.15, 0.2) is 0 Å². The number of hydrogen-bond donors (Lipinski definition) is 3. The van der Waals surface area contributed by atoms with Crippen LogP contribution in [0, 0.1) is 19.8 Å². The number of aliphatic hydroxyl groups is 1. The highest BCUT2D eigenvalue weighted by molar-refractivity contribution is 7.84. The van der Waals surface area contributed by atoms with Gasteiger partial charge >= 0.3 is 10.3 Å². The molecule has 1 fully saturated rings. The molecule has 0 radical (unpaired) electrons. The first-order valence-electron chi connectivity index (χ1n) is 12.3. The topological polar surface area (TPSA) is 150 Å². The van der Waals surface area contributed by atoms with Crippen molar-refractivity contribution in [3.63, 3.8) is 0 Å². The highest BCUT2D eigenvalue weighted by Crippen LogP contribution is 2.40. The summed E-state index contributed by atoms with van der Waals surface area (Å²) < 4.78 is 33.1. The van der Waals surface area contributed by atoms with Crippen molar-refractivity contribution in [3.05, 3.63) is 68.6 Å². The van der Waals surface area contributed by atoms with Crippen molar-refractivity contribution in [2.24, 2.45) is 11.1 Å². The summed E-state index contributed by atoms with van der Waals surface area (Å²) in [6.45, 7) is 4.70. The van der Waals surface area contributed by atoms with Crippen LogP contribution in [0.1, 0.15) is 69.3 Å². The number of thiophene rings is 1. The first-order valence-corrected chi connectivity index (χ1v) is 14.6. The Bertz CT molecular complexity index is 1380. The van der Waals surface area contributed by atoms with Crippen LogP contribution in [0.4, 0.5) is 5.82 Å². The second kappa shape index (κ2) is 10.7. The summed E-state index contributed by atoms with van der Waals surface area (Å²) in [5.74, 6) is 0.633. The maximum atomic E-state index is 11.4. The lowest BCUT2D eigenvalue weighted by Gasteiger charge is -2.25. The van der Waals surface area contributed by atoms with Crippen molar-refractivity contribution in [2.45, 2.75) is 57.8 Å². The first kappa shape index (κ1) is 26.1. The average molecular weight is 546 g/mol. The number of rotatable bonds is 8. The largest absolute Gasteiger partial charge is 0.383 e. The zero-order chi connectivity index (χ0) is 26.2. The number of aryl methyl sites for hydroxylation is 2. The highest BCUT2D eigenvalue weighted by Gasteiger charge is 2.30. The molecule has 37 heavy (non-hydrogen) atoms. The highest BCUT2D eigenvalue weighted by atomic mass is 32.2. The lowest BCUT2D eigenvalue weighted by atomic mass is 9.97. The van der Waals surface area contributed by atoms with E-state index in [-0.39, 0.29) is 24.7 Å². The molecule has 1 aliphatic heterocycles. The van der Waals surface area contributed by atoms with Crippen molar-refractivity contribution < 1.29 is 22.4 Å². The molecular formula is C25H31N5O5S2. The molecule has 12 heteroatoms. The molecule has 3 unspecified atom stereocenters. The number of nitrogens with one attached hydrogen (secondary N) is 1. The fourth-order valence-corrected chi connectivity index (χ4v) is 6.56. The van der Waals surface area contributed by atoms with Crippen molar-refractivity contribution in [1.29, 1.82) is 0 Å². The number of pyridine rings is 1. The van der Waals surface area contributed by atoms with Crippen LogP contribution in [0.2, 0.25) is 0 Å². The molecule has 10 nitrogen and oxygen atoms in total. The fourth-order valence-electron chi connectivity index (χ4n) is 5.12. The molecule has 0 aromatic carbocycles. The van der Waals surface area contributed by atoms with Crippen LogP contribution in [-0.2, 0) is 25.6 Å². The average Bonchev–Trinajstić information content (AvgIpc) is 3.48. The van der Waals surface area contributed by atoms with Crippen LogP contribution >= 0.6 is 11.3 Å². The van der Waals surface area contributed by atoms with Gasteiger partial charge in [0, 0.05) is 38.8 Å². The molecular weight excluding hydrogens is 514 g/mol. The summed E-state index contributed by atoms with van der Waals surface area (Å²) in [6, 6.07) is 6.22. The monoisotopic (exact) mass is 545 g/mol. The van der Waals surface area contributed by atoms with E-state index in [1.807, 2.05) is 26.0 Å². The van der Waals surface area contributed by atoms with Gasteiger partial charge in [-0.15, -0.1) is 11.3 Å². The van der Waals surface area contributed by atoms with E-state index in [0.717, 1.165) is 46.0 Å². The van der Waals surface area contributed by atoms with E-state index in [2.05, 4.69) is 21.4 Å². The predicted molar refractivity (Wildman–Crippen MR) is 139 cm³/mol. The third-order valence-corrected chi connectivity index (χ3v) is 8.55. The maximum Gasteiger partial charge on any atom is 0.333 e. The predicted octanol–water partition coefficient (Wildman–Crippen LogP) is 3.09. The van der Waals surface area contributed by atoms with Gasteiger partial charge < -0.3 is 15.2 Å². The van der Waals surface area contributed by atoms with Gasteiger partial charge in [-0.25, -0.2) is 15.1 Å². The molecule has 3 aromatic rings. The fraction of sp³-hybridized carbons (Fsp3) is 0.480. The third-order valence-electron chi connectivity index (χ3n) is 6.97. The second-order valence-electron chi connectivity index (χ2n) is 9.69. The van der Waals surface area contributed by atoms with E-state index in [9.17, 15) is 13.5 Å². The van der Waals surface area contributed by atoms with E-state index in [4.69, 9.17) is 19.0 Å².